The van der Waals surface area contributed by atoms with Gasteiger partial charge in [-0.1, -0.05) is 34.6 Å². The van der Waals surface area contributed by atoms with Crippen LogP contribution in [0.3, 0.4) is 0 Å². The molecule has 7 heteroatoms. The first-order valence-corrected chi connectivity index (χ1v) is 11.9. The van der Waals surface area contributed by atoms with Crippen LogP contribution in [0.1, 0.15) is 47.5 Å². The Balaban J connectivity index is 0.000000277. The lowest BCUT2D eigenvalue weighted by atomic mass is 9.70. The number of hydrogen-bond acceptors (Lipinski definition) is 5. The van der Waals surface area contributed by atoms with E-state index in [-0.39, 0.29) is 33.9 Å². The molecule has 0 aromatic heterocycles. The van der Waals surface area contributed by atoms with Gasteiger partial charge in [0.05, 0.1) is 12.5 Å². The maximum absolute atomic E-state index is 12.0. The Labute approximate surface area is 149 Å². The fraction of sp³-hybridized carbons (Fsp3) is 0.882. The predicted octanol–water partition coefficient (Wildman–Crippen LogP) is 2.01. The number of ketones is 2. The summed E-state index contributed by atoms with van der Waals surface area (Å²) in [6, 6.07) is 0. The molecule has 3 unspecified atom stereocenters. The molecule has 5 nitrogen and oxygen atoms in total. The lowest BCUT2D eigenvalue weighted by Gasteiger charge is -2.32. The van der Waals surface area contributed by atoms with Gasteiger partial charge in [0.25, 0.3) is 0 Å². The van der Waals surface area contributed by atoms with Crippen molar-refractivity contribution in [3.05, 3.63) is 0 Å². The largest absolute Gasteiger partial charge is 0.747 e. The van der Waals surface area contributed by atoms with Crippen LogP contribution in [-0.4, -0.2) is 48.1 Å². The van der Waals surface area contributed by atoms with Crippen LogP contribution >= 0.6 is 0 Å². The second-order valence-corrected chi connectivity index (χ2v) is 12.0. The molecule has 0 spiro atoms. The second kappa shape index (κ2) is 7.08. The van der Waals surface area contributed by atoms with Crippen LogP contribution in [0.4, 0.5) is 0 Å². The van der Waals surface area contributed by atoms with Crippen molar-refractivity contribution in [2.75, 3.05) is 18.3 Å². The third-order valence-electron chi connectivity index (χ3n) is 5.86. The van der Waals surface area contributed by atoms with Gasteiger partial charge in [-0.3, -0.25) is 9.59 Å². The van der Waals surface area contributed by atoms with Gasteiger partial charge in [-0.25, -0.2) is 8.42 Å². The molecule has 3 atom stereocenters. The SMILES string of the molecule is CC(C)C(=O)C[S+](C)C.CC12CCC(C(S(=O)(=O)[O-])C1=O)C2(C)C. The zero-order valence-electron chi connectivity index (χ0n) is 15.7. The van der Waals surface area contributed by atoms with Gasteiger partial charge in [-0.2, -0.15) is 0 Å². The standard InChI is InChI=1S/C10H16O4S.C7H15OS/c1-9(2)6-4-5-10(9,3)8(11)7(6)15(12,13)14;1-6(2)7(8)5-9(3)4/h6-7H,4-5H2,1-3H3,(H,12,13,14);6H,5H2,1-4H3/q;+1/p-1. The summed E-state index contributed by atoms with van der Waals surface area (Å²) in [6.45, 7) is 9.49. The fourth-order valence-corrected chi connectivity index (χ4v) is 6.09. The molecule has 2 fully saturated rings. The Morgan fingerprint density at radius 3 is 2.00 bits per heavy atom. The van der Waals surface area contributed by atoms with Crippen molar-refractivity contribution in [2.24, 2.45) is 22.7 Å². The van der Waals surface area contributed by atoms with Crippen LogP contribution in [0.2, 0.25) is 0 Å². The maximum Gasteiger partial charge on any atom is 0.184 e. The number of rotatable bonds is 4. The van der Waals surface area contributed by atoms with Crippen LogP contribution < -0.4 is 0 Å². The highest BCUT2D eigenvalue weighted by Crippen LogP contribution is 2.64. The first-order chi connectivity index (χ1) is 10.7. The summed E-state index contributed by atoms with van der Waals surface area (Å²) < 4.78 is 33.3. The van der Waals surface area contributed by atoms with Crippen molar-refractivity contribution >= 4 is 32.6 Å². The van der Waals surface area contributed by atoms with Crippen LogP contribution in [0, 0.1) is 22.7 Å². The van der Waals surface area contributed by atoms with Gasteiger partial charge in [0.1, 0.15) is 15.4 Å². The van der Waals surface area contributed by atoms with E-state index in [2.05, 4.69) is 12.5 Å². The summed E-state index contributed by atoms with van der Waals surface area (Å²) in [5, 5.41) is -1.30. The Hall–Kier alpha value is -0.400. The first-order valence-electron chi connectivity index (χ1n) is 8.22. The van der Waals surface area contributed by atoms with E-state index < -0.39 is 20.8 Å². The molecule has 0 saturated heterocycles. The molecule has 0 heterocycles. The van der Waals surface area contributed by atoms with Gasteiger partial charge in [-0.15, -0.1) is 0 Å². The molecule has 0 aliphatic heterocycles. The summed E-state index contributed by atoms with van der Waals surface area (Å²) in [5.41, 5.74) is -0.994. The Kier molecular flexibility index (Phi) is 6.38. The van der Waals surface area contributed by atoms with E-state index in [9.17, 15) is 22.6 Å². The quantitative estimate of drug-likeness (QED) is 0.551. The third kappa shape index (κ3) is 3.88. The van der Waals surface area contributed by atoms with Gasteiger partial charge in [-0.05, 0) is 35.1 Å². The molecule has 2 rings (SSSR count). The van der Waals surface area contributed by atoms with Crippen LogP contribution in [-0.2, 0) is 30.6 Å². The second-order valence-electron chi connectivity index (χ2n) is 8.23. The number of hydrogen-bond donors (Lipinski definition) is 0. The molecule has 0 radical (unpaired) electrons. The van der Waals surface area contributed by atoms with E-state index >= 15 is 0 Å². The van der Waals surface area contributed by atoms with Crippen molar-refractivity contribution in [2.45, 2.75) is 52.7 Å². The van der Waals surface area contributed by atoms with E-state index in [0.717, 1.165) is 5.75 Å². The predicted molar refractivity (Wildman–Crippen MR) is 97.0 cm³/mol. The minimum Gasteiger partial charge on any atom is -0.747 e. The summed E-state index contributed by atoms with van der Waals surface area (Å²) >= 11 is 0. The van der Waals surface area contributed by atoms with Gasteiger partial charge in [0, 0.05) is 11.3 Å². The van der Waals surface area contributed by atoms with Crippen molar-refractivity contribution in [1.29, 1.82) is 0 Å². The van der Waals surface area contributed by atoms with Crippen molar-refractivity contribution < 1.29 is 22.6 Å². The lowest BCUT2D eigenvalue weighted by Crippen LogP contribution is -2.38. The van der Waals surface area contributed by atoms with Crippen LogP contribution in [0.25, 0.3) is 0 Å². The average molecular weight is 379 g/mol. The molecule has 0 N–H and O–H groups in total. The molecular formula is C17H30O5S2. The minimum atomic E-state index is -4.49. The number of carbonyl (C=O) groups is 2. The Morgan fingerprint density at radius 1 is 1.29 bits per heavy atom. The topological polar surface area (TPSA) is 91.3 Å². The summed E-state index contributed by atoms with van der Waals surface area (Å²) in [7, 11) is -4.21. The molecule has 2 aliphatic carbocycles. The van der Waals surface area contributed by atoms with Crippen molar-refractivity contribution in [3.63, 3.8) is 0 Å². The smallest absolute Gasteiger partial charge is 0.184 e. The van der Waals surface area contributed by atoms with Crippen LogP contribution in [0.15, 0.2) is 0 Å². The molecule has 2 saturated carbocycles. The maximum atomic E-state index is 12.0. The zero-order valence-corrected chi connectivity index (χ0v) is 17.3. The summed E-state index contributed by atoms with van der Waals surface area (Å²) in [4.78, 5) is 22.9. The molecule has 24 heavy (non-hydrogen) atoms. The Bertz CT molecular complexity index is 606. The minimum absolute atomic E-state index is 0.222. The Morgan fingerprint density at radius 2 is 1.79 bits per heavy atom. The third-order valence-corrected chi connectivity index (χ3v) is 7.88. The molecule has 2 bridgehead atoms. The number of carbonyl (C=O) groups excluding carboxylic acids is 2. The lowest BCUT2D eigenvalue weighted by molar-refractivity contribution is -0.128. The van der Waals surface area contributed by atoms with E-state index in [0.29, 0.717) is 18.6 Å². The molecule has 2 aliphatic rings. The highest BCUT2D eigenvalue weighted by atomic mass is 32.2. The van der Waals surface area contributed by atoms with Gasteiger partial charge in [0.2, 0.25) is 0 Å². The van der Waals surface area contributed by atoms with E-state index in [1.54, 1.807) is 6.92 Å². The average Bonchev–Trinajstić information content (AvgIpc) is 2.69. The van der Waals surface area contributed by atoms with Crippen LogP contribution in [0.5, 0.6) is 0 Å². The van der Waals surface area contributed by atoms with E-state index in [4.69, 9.17) is 0 Å². The summed E-state index contributed by atoms with van der Waals surface area (Å²) in [6.07, 6.45) is 5.57. The van der Waals surface area contributed by atoms with E-state index in [1.165, 1.54) is 0 Å². The zero-order chi connectivity index (χ0) is 19.1. The first kappa shape index (κ1) is 21.6. The van der Waals surface area contributed by atoms with Crippen molar-refractivity contribution in [1.82, 2.24) is 0 Å². The van der Waals surface area contributed by atoms with Gasteiger partial charge < -0.3 is 4.55 Å². The molecule has 0 amide bonds. The highest BCUT2D eigenvalue weighted by Gasteiger charge is 2.67. The number of Topliss-reactive ketones (excluding diaryl/α,β-unsaturated/α-hetero) is 2. The highest BCUT2D eigenvalue weighted by molar-refractivity contribution is 7.96. The molecule has 0 aromatic rings. The van der Waals surface area contributed by atoms with Crippen molar-refractivity contribution in [3.8, 4) is 0 Å². The normalized spacial score (nSPS) is 31.3. The van der Waals surface area contributed by atoms with E-state index in [1.807, 2.05) is 27.7 Å². The molecule has 0 aromatic carbocycles. The van der Waals surface area contributed by atoms with Gasteiger partial charge >= 0.3 is 0 Å². The monoisotopic (exact) mass is 378 g/mol. The number of fused-ring (bicyclic) bond motifs is 2. The summed E-state index contributed by atoms with van der Waals surface area (Å²) in [5.74, 6) is 0.719. The van der Waals surface area contributed by atoms with Gasteiger partial charge in [0.15, 0.2) is 17.3 Å². The molecule has 140 valence electrons. The fourth-order valence-electron chi connectivity index (χ4n) is 3.79. The molecular weight excluding hydrogens is 348 g/mol.